The van der Waals surface area contributed by atoms with Crippen LogP contribution in [0.1, 0.15) is 96.7 Å². The molecule has 0 bridgehead atoms. The molecular formula is C82H74F3N15O9. The Balaban J connectivity index is 0.000000144. The van der Waals surface area contributed by atoms with E-state index in [1.54, 1.807) is 117 Å². The van der Waals surface area contributed by atoms with Crippen molar-refractivity contribution >= 4 is 67.9 Å². The van der Waals surface area contributed by atoms with E-state index in [1.165, 1.54) is 18.2 Å². The second-order valence-corrected chi connectivity index (χ2v) is 26.3. The van der Waals surface area contributed by atoms with E-state index in [0.29, 0.717) is 69.5 Å². The lowest BCUT2D eigenvalue weighted by molar-refractivity contribution is -0.124. The molecule has 15 rings (SSSR count). The van der Waals surface area contributed by atoms with E-state index < -0.39 is 17.5 Å². The molecule has 6 aromatic carbocycles. The molecule has 1 aliphatic heterocycles. The van der Waals surface area contributed by atoms with Crippen LogP contribution in [-0.4, -0.2) is 92.1 Å². The van der Waals surface area contributed by atoms with Crippen molar-refractivity contribution in [1.29, 1.82) is 0 Å². The van der Waals surface area contributed by atoms with E-state index in [4.69, 9.17) is 31.4 Å². The SMILES string of the molecule is CC#CC(=O)N1CC[C@H](n2cc(-c3ccc(Oc4ccccc4F)cc3)c3c(N)n[nH]c(=O)c32)C1.CC#CC(=O)NC1CCC(n2cc(-c3ccc(Oc4ccccc4F)cc3)c3c(N)n[nH]c(=O)c32)CC1.CC#CC(=O)NC1CCC(n2cc(-c3ccc(Oc4ccccc4F)cc3)c3c(N)n[nH]c(=O)c32)CC1. The van der Waals surface area contributed by atoms with Crippen LogP contribution in [0.4, 0.5) is 30.6 Å². The molecule has 12 aromatic rings. The summed E-state index contributed by atoms with van der Waals surface area (Å²) in [5.74, 6) is 15.9. The minimum Gasteiger partial charge on any atom is -0.454 e. The van der Waals surface area contributed by atoms with Gasteiger partial charge in [-0.2, -0.15) is 15.3 Å². The zero-order valence-corrected chi connectivity index (χ0v) is 59.4. The average molecular weight is 1470 g/mol. The summed E-state index contributed by atoms with van der Waals surface area (Å²) in [5.41, 5.74) is 23.7. The van der Waals surface area contributed by atoms with Crippen molar-refractivity contribution in [2.45, 2.75) is 109 Å². The molecule has 1 saturated heterocycles. The van der Waals surface area contributed by atoms with Gasteiger partial charge in [0.15, 0.2) is 52.2 Å². The third kappa shape index (κ3) is 16.2. The summed E-state index contributed by atoms with van der Waals surface area (Å²) in [5, 5.41) is 27.0. The smallest absolute Gasteiger partial charge is 0.298 e. The fourth-order valence-electron chi connectivity index (χ4n) is 14.3. The van der Waals surface area contributed by atoms with Crippen LogP contribution in [0.5, 0.6) is 34.5 Å². The van der Waals surface area contributed by atoms with Gasteiger partial charge in [0.2, 0.25) is 0 Å². The van der Waals surface area contributed by atoms with Gasteiger partial charge in [0, 0.05) is 72.5 Å². The summed E-state index contributed by atoms with van der Waals surface area (Å²) in [6.45, 7) is 5.88. The van der Waals surface area contributed by atoms with Crippen molar-refractivity contribution < 1.29 is 41.8 Å². The number of likely N-dealkylation sites (tertiary alicyclic amines) is 1. The highest BCUT2D eigenvalue weighted by molar-refractivity contribution is 6.04. The van der Waals surface area contributed by atoms with Crippen LogP contribution >= 0.6 is 0 Å². The maximum Gasteiger partial charge on any atom is 0.298 e. The van der Waals surface area contributed by atoms with Gasteiger partial charge in [0.05, 0.1) is 22.2 Å². The number of nitrogens with one attached hydrogen (secondary N) is 5. The highest BCUT2D eigenvalue weighted by Crippen LogP contribution is 2.42. The number of aromatic amines is 3. The van der Waals surface area contributed by atoms with Crippen molar-refractivity contribution in [3.05, 3.63) is 213 Å². The van der Waals surface area contributed by atoms with Gasteiger partial charge in [-0.1, -0.05) is 90.6 Å². The van der Waals surface area contributed by atoms with Crippen molar-refractivity contribution in [2.75, 3.05) is 30.3 Å². The van der Waals surface area contributed by atoms with Gasteiger partial charge < -0.3 is 60.6 Å². The molecule has 0 radical (unpaired) electrons. The third-order valence-corrected chi connectivity index (χ3v) is 19.4. The summed E-state index contributed by atoms with van der Waals surface area (Å²) in [7, 11) is 0. The normalized spacial score (nSPS) is 16.5. The first-order chi connectivity index (χ1) is 52.8. The number of nitrogen functional groups attached to an aromatic ring is 3. The fourth-order valence-corrected chi connectivity index (χ4v) is 14.3. The molecule has 1 atom stereocenters. The number of rotatable bonds is 14. The Morgan fingerprint density at radius 2 is 0.743 bits per heavy atom. The number of carbonyl (C=O) groups excluding carboxylic acids is 3. The Morgan fingerprint density at radius 3 is 1.06 bits per heavy atom. The standard InChI is InChI=1S/2C28H26FN5O3.C26H22FN5O3/c2*1-2-5-24(35)31-18-10-12-19(13-11-18)34-16-21(25-26(34)28(36)33-32-27(25)30)17-8-14-20(15-9-17)37-23-7-4-3-6-22(23)29;1-2-5-22(33)31-13-12-17(14-31)32-15-19(23-24(32)26(34)30-29-25(23)28)16-8-10-18(11-9-16)35-21-7-4-3-6-20(21)27/h2*3-4,6-9,14-16,18-19H,10-13H2,1H3,(H2,30,32)(H,31,35)(H,33,36);3-4,6-11,15,17H,12-14H2,1H3,(H2,28,29)(H,30,34)/t;;17-/m..0/s1. The van der Waals surface area contributed by atoms with Crippen LogP contribution in [0, 0.1) is 53.0 Å². The van der Waals surface area contributed by atoms with E-state index in [1.807, 2.05) is 68.7 Å². The van der Waals surface area contributed by atoms with Gasteiger partial charge in [0.25, 0.3) is 34.4 Å². The molecule has 0 spiro atoms. The summed E-state index contributed by atoms with van der Waals surface area (Å²) in [6, 6.07) is 40.2. The molecule has 6 aromatic heterocycles. The van der Waals surface area contributed by atoms with Crippen molar-refractivity contribution in [3.8, 4) is 103 Å². The predicted octanol–water partition coefficient (Wildman–Crippen LogP) is 12.8. The van der Waals surface area contributed by atoms with Gasteiger partial charge in [-0.15, -0.1) is 0 Å². The van der Waals surface area contributed by atoms with Crippen LogP contribution in [-0.2, 0) is 14.4 Å². The average Bonchev–Trinajstić information content (AvgIpc) is 1.61. The molecule has 11 N–H and O–H groups in total. The van der Waals surface area contributed by atoms with Crippen LogP contribution in [0.2, 0.25) is 0 Å². The van der Waals surface area contributed by atoms with Gasteiger partial charge >= 0.3 is 0 Å². The molecule has 24 nitrogen and oxygen atoms in total. The van der Waals surface area contributed by atoms with E-state index in [9.17, 15) is 41.9 Å². The lowest BCUT2D eigenvalue weighted by Crippen LogP contribution is -2.37. The number of halogens is 3. The number of carbonyl (C=O) groups is 3. The largest absolute Gasteiger partial charge is 0.454 e. The molecule has 2 aliphatic carbocycles. The highest BCUT2D eigenvalue weighted by atomic mass is 19.1. The van der Waals surface area contributed by atoms with Crippen molar-refractivity contribution in [2.24, 2.45) is 0 Å². The monoisotopic (exact) mass is 1470 g/mol. The molecule has 27 heteroatoms. The van der Waals surface area contributed by atoms with E-state index in [-0.39, 0.29) is 99.3 Å². The lowest BCUT2D eigenvalue weighted by atomic mass is 9.91. The molecule has 3 fully saturated rings. The number of anilines is 3. The maximum absolute atomic E-state index is 14.0. The third-order valence-electron chi connectivity index (χ3n) is 19.4. The predicted molar refractivity (Wildman–Crippen MR) is 409 cm³/mol. The van der Waals surface area contributed by atoms with E-state index in [0.717, 1.165) is 84.7 Å². The highest BCUT2D eigenvalue weighted by Gasteiger charge is 2.32. The van der Waals surface area contributed by atoms with Gasteiger partial charge in [-0.05, 0) is 186 Å². The topological polar surface area (TPSA) is 336 Å². The minimum atomic E-state index is -0.452. The molecule has 7 heterocycles. The summed E-state index contributed by atoms with van der Waals surface area (Å²) < 4.78 is 64.7. The number of hydrogen-bond donors (Lipinski definition) is 8. The Labute approximate surface area is 621 Å². The molecule has 0 unspecified atom stereocenters. The molecule has 2 saturated carbocycles. The number of amides is 3. The molecule has 3 aliphatic rings. The number of nitrogens with two attached hydrogens (primary N) is 3. The number of nitrogens with zero attached hydrogens (tertiary/aromatic N) is 7. The first kappa shape index (κ1) is 73.6. The van der Waals surface area contributed by atoms with Gasteiger partial charge in [-0.3, -0.25) is 28.8 Å². The van der Waals surface area contributed by atoms with Crippen LogP contribution in [0.3, 0.4) is 0 Å². The number of para-hydroxylation sites is 3. The van der Waals surface area contributed by atoms with Gasteiger partial charge in [-0.25, -0.2) is 28.5 Å². The molecular weight excluding hydrogens is 1400 g/mol. The van der Waals surface area contributed by atoms with Crippen LogP contribution in [0.25, 0.3) is 66.1 Å². The molecule has 3 amide bonds. The number of ether oxygens (including phenoxy) is 3. The Kier molecular flexibility index (Phi) is 22.1. The Bertz CT molecular complexity index is 5580. The van der Waals surface area contributed by atoms with E-state index >= 15 is 0 Å². The fraction of sp³-hybridized carbons (Fsp3) is 0.232. The minimum absolute atomic E-state index is 0.0536. The Morgan fingerprint density at radius 1 is 0.431 bits per heavy atom. The number of fused-ring (bicyclic) bond motifs is 3. The summed E-state index contributed by atoms with van der Waals surface area (Å²) >= 11 is 0. The number of hydrogen-bond acceptors (Lipinski definition) is 15. The van der Waals surface area contributed by atoms with Crippen LogP contribution < -0.4 is 58.7 Å². The number of H-pyrrole nitrogens is 3. The number of benzene rings is 6. The second-order valence-electron chi connectivity index (χ2n) is 26.3. The molecule has 552 valence electrons. The first-order valence-electron chi connectivity index (χ1n) is 35.3. The van der Waals surface area contributed by atoms with E-state index in [2.05, 4.69) is 76.7 Å². The maximum atomic E-state index is 14.0. The van der Waals surface area contributed by atoms with Crippen molar-refractivity contribution in [1.82, 2.24) is 59.8 Å². The van der Waals surface area contributed by atoms with Crippen molar-refractivity contribution in [3.63, 3.8) is 0 Å². The van der Waals surface area contributed by atoms with Crippen LogP contribution in [0.15, 0.2) is 179 Å². The summed E-state index contributed by atoms with van der Waals surface area (Å²) in [4.78, 5) is 76.2. The number of aromatic nitrogens is 9. The first-order valence-corrected chi connectivity index (χ1v) is 35.3. The zero-order valence-electron chi connectivity index (χ0n) is 59.4. The quantitative estimate of drug-likeness (QED) is 0.0469. The Hall–Kier alpha value is -13.7. The zero-order chi connectivity index (χ0) is 76.4. The second kappa shape index (κ2) is 32.7. The van der Waals surface area contributed by atoms with Gasteiger partial charge in [0.1, 0.15) is 33.8 Å². The molecule has 109 heavy (non-hydrogen) atoms. The lowest BCUT2D eigenvalue weighted by Gasteiger charge is -2.30. The summed E-state index contributed by atoms with van der Waals surface area (Å²) in [6.07, 6.45) is 12.7.